The zero-order chi connectivity index (χ0) is 27.8. The molecule has 2 atom stereocenters. The topological polar surface area (TPSA) is 76.5 Å². The van der Waals surface area contributed by atoms with E-state index >= 15 is 0 Å². The highest BCUT2D eigenvalue weighted by Gasteiger charge is 2.36. The van der Waals surface area contributed by atoms with Gasteiger partial charge in [-0.15, -0.1) is 0 Å². The molecule has 4 aromatic rings. The zero-order valence-corrected chi connectivity index (χ0v) is 23.1. The largest absolute Gasteiger partial charge is 0.427 e. The number of esters is 1. The smallest absolute Gasteiger partial charge is 0.311 e. The van der Waals surface area contributed by atoms with E-state index in [1.165, 1.54) is 17.7 Å². The van der Waals surface area contributed by atoms with Gasteiger partial charge in [-0.3, -0.25) is 14.2 Å². The minimum Gasteiger partial charge on any atom is -0.427 e. The van der Waals surface area contributed by atoms with Crippen LogP contribution in [0.1, 0.15) is 55.0 Å². The van der Waals surface area contributed by atoms with Crippen LogP contribution in [0, 0.1) is 0 Å². The van der Waals surface area contributed by atoms with Crippen molar-refractivity contribution in [3.63, 3.8) is 0 Å². The Morgan fingerprint density at radius 2 is 1.83 bits per heavy atom. The number of likely N-dealkylation sites (tertiary alicyclic amines) is 1. The highest BCUT2D eigenvalue weighted by atomic mass is 16.5. The summed E-state index contributed by atoms with van der Waals surface area (Å²) < 4.78 is 7.36. The van der Waals surface area contributed by atoms with E-state index in [0.717, 1.165) is 61.4 Å². The molecule has 1 aromatic heterocycles. The van der Waals surface area contributed by atoms with E-state index in [1.54, 1.807) is 4.57 Å². The van der Waals surface area contributed by atoms with Gasteiger partial charge in [-0.2, -0.15) is 0 Å². The van der Waals surface area contributed by atoms with Crippen LogP contribution in [0.25, 0.3) is 22.6 Å². The molecule has 4 heterocycles. The number of carbonyl (C=O) groups is 1. The number of para-hydroxylation sites is 2. The minimum absolute atomic E-state index is 0.0117. The quantitative estimate of drug-likeness (QED) is 0.182. The standard InChI is InChI=1S/C34H34N4O3/c39-32(11-5-6-18-37-19-17-27-26-7-1-3-9-29(26)35-31(27)22-37)41-25-14-12-23(13-15-25)21-24-16-20-38-33(24)36-30-10-4-2-8-28(30)34(38)40/h1-4,7-10,12-15,21,27,31,35H,5-6,11,16-20,22H2/b24-21+. The van der Waals surface area contributed by atoms with Crippen LogP contribution in [-0.2, 0) is 11.3 Å². The second-order valence-electron chi connectivity index (χ2n) is 11.4. The van der Waals surface area contributed by atoms with Crippen LogP contribution in [0.2, 0.25) is 0 Å². The summed E-state index contributed by atoms with van der Waals surface area (Å²) in [5, 5.41) is 4.36. The van der Waals surface area contributed by atoms with Crippen LogP contribution in [0.15, 0.2) is 77.6 Å². The fourth-order valence-electron chi connectivity index (χ4n) is 6.61. The third-order valence-corrected chi connectivity index (χ3v) is 8.71. The molecule has 208 valence electrons. The number of anilines is 1. The van der Waals surface area contributed by atoms with Gasteiger partial charge in [-0.25, -0.2) is 4.98 Å². The predicted molar refractivity (Wildman–Crippen MR) is 162 cm³/mol. The molecule has 0 amide bonds. The third-order valence-electron chi connectivity index (χ3n) is 8.71. The van der Waals surface area contributed by atoms with E-state index in [1.807, 2.05) is 48.5 Å². The molecule has 1 saturated heterocycles. The second kappa shape index (κ2) is 11.0. The first-order valence-corrected chi connectivity index (χ1v) is 14.7. The number of ether oxygens (including phenoxy) is 1. The Morgan fingerprint density at radius 3 is 2.73 bits per heavy atom. The highest BCUT2D eigenvalue weighted by Crippen LogP contribution is 2.40. The van der Waals surface area contributed by atoms with E-state index in [9.17, 15) is 9.59 Å². The Hall–Kier alpha value is -4.23. The van der Waals surface area contributed by atoms with Crippen molar-refractivity contribution in [2.24, 2.45) is 0 Å². The summed E-state index contributed by atoms with van der Waals surface area (Å²) in [6.07, 6.45) is 6.23. The molecule has 7 heteroatoms. The average molecular weight is 547 g/mol. The summed E-state index contributed by atoms with van der Waals surface area (Å²) in [6, 6.07) is 24.2. The van der Waals surface area contributed by atoms with Gasteiger partial charge in [0.2, 0.25) is 0 Å². The van der Waals surface area contributed by atoms with Gasteiger partial charge in [0.05, 0.1) is 10.9 Å². The zero-order valence-electron chi connectivity index (χ0n) is 23.1. The summed E-state index contributed by atoms with van der Waals surface area (Å²) in [5.41, 5.74) is 5.52. The fraction of sp³-hybridized carbons (Fsp3) is 0.324. The number of carbonyl (C=O) groups excluding carboxylic acids is 1. The van der Waals surface area contributed by atoms with E-state index in [4.69, 9.17) is 9.72 Å². The molecule has 0 radical (unpaired) electrons. The maximum atomic E-state index is 12.9. The SMILES string of the molecule is O=C(CCCCN1CCC2c3ccccc3NC2C1)Oc1ccc(/C=C2\CCn3c2nc2ccccc2c3=O)cc1. The van der Waals surface area contributed by atoms with Crippen LogP contribution >= 0.6 is 0 Å². The number of hydrogen-bond donors (Lipinski definition) is 1. The van der Waals surface area contributed by atoms with E-state index in [0.29, 0.717) is 36.1 Å². The van der Waals surface area contributed by atoms with Crippen LogP contribution in [0.4, 0.5) is 5.69 Å². The van der Waals surface area contributed by atoms with E-state index in [2.05, 4.69) is 40.6 Å². The van der Waals surface area contributed by atoms with Crippen molar-refractivity contribution in [2.45, 2.75) is 50.6 Å². The summed E-state index contributed by atoms with van der Waals surface area (Å²) in [4.78, 5) is 32.6. The Kier molecular flexibility index (Phi) is 6.88. The molecule has 0 bridgehead atoms. The Balaban J connectivity index is 0.888. The molecule has 1 fully saturated rings. The lowest BCUT2D eigenvalue weighted by molar-refractivity contribution is -0.134. The number of aromatic nitrogens is 2. The predicted octanol–water partition coefficient (Wildman–Crippen LogP) is 5.70. The van der Waals surface area contributed by atoms with Gasteiger partial charge in [0.15, 0.2) is 0 Å². The van der Waals surface area contributed by atoms with Gasteiger partial charge in [0.25, 0.3) is 5.56 Å². The molecule has 0 spiro atoms. The first kappa shape index (κ1) is 25.7. The monoisotopic (exact) mass is 546 g/mol. The molecule has 3 aromatic carbocycles. The third kappa shape index (κ3) is 5.18. The van der Waals surface area contributed by atoms with Crippen molar-refractivity contribution in [3.05, 3.63) is 100 Å². The van der Waals surface area contributed by atoms with Gasteiger partial charge < -0.3 is 15.0 Å². The number of allylic oxidation sites excluding steroid dienone is 1. The highest BCUT2D eigenvalue weighted by molar-refractivity contribution is 5.84. The van der Waals surface area contributed by atoms with Gasteiger partial charge in [0.1, 0.15) is 11.6 Å². The van der Waals surface area contributed by atoms with Crippen LogP contribution in [0.3, 0.4) is 0 Å². The number of piperidine rings is 1. The lowest BCUT2D eigenvalue weighted by Crippen LogP contribution is -2.44. The molecule has 1 N–H and O–H groups in total. The lowest BCUT2D eigenvalue weighted by Gasteiger charge is -2.35. The van der Waals surface area contributed by atoms with Crippen molar-refractivity contribution in [1.29, 1.82) is 0 Å². The summed E-state index contributed by atoms with van der Waals surface area (Å²) >= 11 is 0. The second-order valence-corrected chi connectivity index (χ2v) is 11.4. The summed E-state index contributed by atoms with van der Waals surface area (Å²) in [7, 11) is 0. The van der Waals surface area contributed by atoms with E-state index in [-0.39, 0.29) is 11.5 Å². The molecule has 7 nitrogen and oxygen atoms in total. The van der Waals surface area contributed by atoms with Crippen molar-refractivity contribution in [3.8, 4) is 5.75 Å². The fourth-order valence-corrected chi connectivity index (χ4v) is 6.61. The average Bonchev–Trinajstić information content (AvgIpc) is 3.57. The normalized spacial score (nSPS) is 20.4. The number of unbranched alkanes of at least 4 members (excludes halogenated alkanes) is 1. The first-order valence-electron chi connectivity index (χ1n) is 14.7. The summed E-state index contributed by atoms with van der Waals surface area (Å²) in [5.74, 6) is 1.72. The van der Waals surface area contributed by atoms with Gasteiger partial charge in [0, 0.05) is 37.2 Å². The number of rotatable bonds is 7. The van der Waals surface area contributed by atoms with Gasteiger partial charge in [-0.1, -0.05) is 42.5 Å². The van der Waals surface area contributed by atoms with Crippen molar-refractivity contribution in [2.75, 3.05) is 25.0 Å². The molecule has 41 heavy (non-hydrogen) atoms. The molecule has 0 saturated carbocycles. The molecule has 3 aliphatic heterocycles. The van der Waals surface area contributed by atoms with Gasteiger partial charge in [-0.05, 0) is 91.9 Å². The van der Waals surface area contributed by atoms with Crippen molar-refractivity contribution < 1.29 is 9.53 Å². The maximum Gasteiger partial charge on any atom is 0.311 e. The van der Waals surface area contributed by atoms with Crippen molar-refractivity contribution >= 4 is 34.2 Å². The molecule has 3 aliphatic rings. The lowest BCUT2D eigenvalue weighted by atomic mass is 9.88. The number of fused-ring (bicyclic) bond motifs is 5. The Morgan fingerprint density at radius 1 is 1.00 bits per heavy atom. The summed E-state index contributed by atoms with van der Waals surface area (Å²) in [6.45, 7) is 3.82. The first-order chi connectivity index (χ1) is 20.1. The van der Waals surface area contributed by atoms with Crippen LogP contribution in [-0.4, -0.2) is 46.1 Å². The van der Waals surface area contributed by atoms with Gasteiger partial charge >= 0.3 is 5.97 Å². The molecule has 0 aliphatic carbocycles. The molecule has 7 rings (SSSR count). The number of nitrogens with one attached hydrogen (secondary N) is 1. The van der Waals surface area contributed by atoms with Crippen LogP contribution < -0.4 is 15.6 Å². The number of nitrogens with zero attached hydrogens (tertiary/aromatic N) is 3. The maximum absolute atomic E-state index is 12.9. The minimum atomic E-state index is -0.192. The Labute approximate surface area is 239 Å². The molecule has 2 unspecified atom stereocenters. The number of benzene rings is 3. The Bertz CT molecular complexity index is 1690. The van der Waals surface area contributed by atoms with Crippen molar-refractivity contribution in [1.82, 2.24) is 14.5 Å². The van der Waals surface area contributed by atoms with Crippen LogP contribution in [0.5, 0.6) is 5.75 Å². The molecular formula is C34H34N4O3. The number of hydrogen-bond acceptors (Lipinski definition) is 6. The molecular weight excluding hydrogens is 512 g/mol. The van der Waals surface area contributed by atoms with E-state index < -0.39 is 0 Å².